The van der Waals surface area contributed by atoms with Crippen LogP contribution < -0.4 is 5.32 Å². The smallest absolute Gasteiger partial charge is 0.233 e. The van der Waals surface area contributed by atoms with Gasteiger partial charge >= 0.3 is 0 Å². The molecule has 30 heavy (non-hydrogen) atoms. The van der Waals surface area contributed by atoms with Gasteiger partial charge in [0.1, 0.15) is 5.76 Å². The highest BCUT2D eigenvalue weighted by atomic mass is 79.9. The Bertz CT molecular complexity index is 966. The summed E-state index contributed by atoms with van der Waals surface area (Å²) in [5.41, 5.74) is 1.04. The van der Waals surface area contributed by atoms with E-state index in [0.717, 1.165) is 39.6 Å². The second-order valence-corrected chi connectivity index (χ2v) is 9.76. The second kappa shape index (κ2) is 9.83. The number of hydrogen-bond acceptors (Lipinski definition) is 5. The van der Waals surface area contributed by atoms with E-state index in [-0.39, 0.29) is 11.2 Å². The van der Waals surface area contributed by atoms with Gasteiger partial charge in [0.15, 0.2) is 11.0 Å². The first-order chi connectivity index (χ1) is 14.6. The van der Waals surface area contributed by atoms with E-state index in [9.17, 15) is 4.79 Å². The quantitative estimate of drug-likeness (QED) is 0.438. The number of nitrogens with one attached hydrogen (secondary N) is 1. The van der Waals surface area contributed by atoms with Crippen molar-refractivity contribution in [2.45, 2.75) is 62.0 Å². The maximum absolute atomic E-state index is 12.6. The summed E-state index contributed by atoms with van der Waals surface area (Å²) >= 11 is 4.96. The van der Waals surface area contributed by atoms with Gasteiger partial charge in [-0.25, -0.2) is 0 Å². The fraction of sp³-hybridized carbons (Fsp3) is 0.409. The molecule has 1 atom stereocenters. The fourth-order valence-corrected chi connectivity index (χ4v) is 4.97. The molecule has 158 valence electrons. The van der Waals surface area contributed by atoms with Crippen molar-refractivity contribution < 1.29 is 9.21 Å². The van der Waals surface area contributed by atoms with Crippen LogP contribution in [0, 0.1) is 0 Å². The lowest BCUT2D eigenvalue weighted by Gasteiger charge is -2.26. The van der Waals surface area contributed by atoms with E-state index >= 15 is 0 Å². The molecule has 0 spiro atoms. The molecule has 3 aromatic rings. The number of carbonyl (C=O) groups excluding carboxylic acids is 1. The molecule has 8 heteroatoms. The molecule has 6 nitrogen and oxygen atoms in total. The average molecular weight is 489 g/mol. The van der Waals surface area contributed by atoms with Crippen molar-refractivity contribution in [2.75, 3.05) is 0 Å². The lowest BCUT2D eigenvalue weighted by Crippen LogP contribution is -2.30. The predicted octanol–water partition coefficient (Wildman–Crippen LogP) is 5.60. The highest BCUT2D eigenvalue weighted by Crippen LogP contribution is 2.36. The third-order valence-corrected chi connectivity index (χ3v) is 6.96. The molecule has 1 unspecified atom stereocenters. The summed E-state index contributed by atoms with van der Waals surface area (Å²) in [6.07, 6.45) is 7.55. The van der Waals surface area contributed by atoms with Crippen molar-refractivity contribution in [3.8, 4) is 11.4 Å². The number of hydrogen-bond donors (Lipinski definition) is 1. The largest absolute Gasteiger partial charge is 0.467 e. The van der Waals surface area contributed by atoms with E-state index in [1.807, 2.05) is 31.2 Å². The molecule has 0 saturated heterocycles. The molecule has 1 aromatic carbocycles. The van der Waals surface area contributed by atoms with E-state index in [0.29, 0.717) is 12.6 Å². The Kier molecular flexibility index (Phi) is 6.94. The van der Waals surface area contributed by atoms with E-state index in [1.165, 1.54) is 31.0 Å². The zero-order valence-electron chi connectivity index (χ0n) is 16.9. The van der Waals surface area contributed by atoms with Crippen LogP contribution in [-0.4, -0.2) is 25.9 Å². The maximum atomic E-state index is 12.6. The van der Waals surface area contributed by atoms with E-state index in [1.54, 1.807) is 6.26 Å². The number of rotatable bonds is 7. The summed E-state index contributed by atoms with van der Waals surface area (Å²) in [4.78, 5) is 12.6. The Morgan fingerprint density at radius 2 is 2.00 bits per heavy atom. The number of carbonyl (C=O) groups is 1. The Morgan fingerprint density at radius 1 is 1.23 bits per heavy atom. The third-order valence-electron chi connectivity index (χ3n) is 5.38. The monoisotopic (exact) mass is 488 g/mol. The molecule has 1 fully saturated rings. The maximum Gasteiger partial charge on any atom is 0.233 e. The van der Waals surface area contributed by atoms with Crippen LogP contribution in [0.4, 0.5) is 0 Å². The summed E-state index contributed by atoms with van der Waals surface area (Å²) in [5, 5.41) is 12.5. The normalized spacial score (nSPS) is 15.8. The summed E-state index contributed by atoms with van der Waals surface area (Å²) in [7, 11) is 0. The number of amides is 1. The van der Waals surface area contributed by atoms with Gasteiger partial charge < -0.3 is 9.73 Å². The van der Waals surface area contributed by atoms with Gasteiger partial charge in [-0.3, -0.25) is 9.36 Å². The van der Waals surface area contributed by atoms with Gasteiger partial charge in [0.05, 0.1) is 18.1 Å². The number of aromatic nitrogens is 3. The van der Waals surface area contributed by atoms with Crippen LogP contribution in [0.15, 0.2) is 56.7 Å². The molecular formula is C22H25BrN4O2S. The standard InChI is InChI=1S/C22H25BrN4O2S/c1-15(21(28)24-14-19-8-5-13-29-19)30-22-26-25-20(16-9-11-17(23)12-10-16)27(22)18-6-3-2-4-7-18/h5,8-13,15,18H,2-4,6-7,14H2,1H3,(H,24,28). The van der Waals surface area contributed by atoms with Crippen molar-refractivity contribution in [1.82, 2.24) is 20.1 Å². The van der Waals surface area contributed by atoms with Gasteiger partial charge in [-0.05, 0) is 44.0 Å². The van der Waals surface area contributed by atoms with Gasteiger partial charge in [0, 0.05) is 16.1 Å². The van der Waals surface area contributed by atoms with Gasteiger partial charge in [-0.2, -0.15) is 0 Å². The lowest BCUT2D eigenvalue weighted by molar-refractivity contribution is -0.120. The van der Waals surface area contributed by atoms with Gasteiger partial charge in [-0.1, -0.05) is 59.1 Å². The summed E-state index contributed by atoms with van der Waals surface area (Å²) < 4.78 is 8.58. The minimum absolute atomic E-state index is 0.0419. The topological polar surface area (TPSA) is 73.0 Å². The van der Waals surface area contributed by atoms with Crippen LogP contribution in [0.1, 0.15) is 50.8 Å². The van der Waals surface area contributed by atoms with E-state index < -0.39 is 0 Å². The zero-order valence-corrected chi connectivity index (χ0v) is 19.3. The molecule has 1 aliphatic carbocycles. The first-order valence-corrected chi connectivity index (χ1v) is 12.0. The summed E-state index contributed by atoms with van der Waals surface area (Å²) in [6, 6.07) is 12.2. The molecular weight excluding hydrogens is 464 g/mol. The van der Waals surface area contributed by atoms with E-state index in [4.69, 9.17) is 4.42 Å². The lowest BCUT2D eigenvalue weighted by atomic mass is 9.95. The molecule has 0 bridgehead atoms. The summed E-state index contributed by atoms with van der Waals surface area (Å²) in [5.74, 6) is 1.57. The van der Waals surface area contributed by atoms with E-state index in [2.05, 4.69) is 48.1 Å². The number of nitrogens with zero attached hydrogens (tertiary/aromatic N) is 3. The first-order valence-electron chi connectivity index (χ1n) is 10.3. The Labute approximate surface area is 189 Å². The van der Waals surface area contributed by atoms with Gasteiger partial charge in [0.2, 0.25) is 5.91 Å². The highest BCUT2D eigenvalue weighted by Gasteiger charge is 2.26. The van der Waals surface area contributed by atoms with Crippen molar-refractivity contribution in [1.29, 1.82) is 0 Å². The third kappa shape index (κ3) is 4.98. The fourth-order valence-electron chi connectivity index (χ4n) is 3.76. The average Bonchev–Trinajstić information content (AvgIpc) is 3.43. The summed E-state index contributed by atoms with van der Waals surface area (Å²) in [6.45, 7) is 2.29. The molecule has 0 radical (unpaired) electrons. The number of benzene rings is 1. The van der Waals surface area contributed by atoms with Gasteiger partial charge in [0.25, 0.3) is 0 Å². The highest BCUT2D eigenvalue weighted by molar-refractivity contribution is 9.10. The van der Waals surface area contributed by atoms with Crippen LogP contribution in [0.5, 0.6) is 0 Å². The van der Waals surface area contributed by atoms with Crippen molar-refractivity contribution >= 4 is 33.6 Å². The molecule has 0 aliphatic heterocycles. The molecule has 2 aromatic heterocycles. The molecule has 1 N–H and O–H groups in total. The Balaban J connectivity index is 1.54. The molecule has 1 amide bonds. The molecule has 1 saturated carbocycles. The first kappa shape index (κ1) is 21.2. The van der Waals surface area contributed by atoms with Crippen LogP contribution >= 0.6 is 27.7 Å². The van der Waals surface area contributed by atoms with Gasteiger partial charge in [-0.15, -0.1) is 10.2 Å². The van der Waals surface area contributed by atoms with Crippen molar-refractivity contribution in [3.05, 3.63) is 52.9 Å². The Hall–Kier alpha value is -2.06. The zero-order chi connectivity index (χ0) is 20.9. The molecule has 4 rings (SSSR count). The predicted molar refractivity (Wildman–Crippen MR) is 121 cm³/mol. The Morgan fingerprint density at radius 3 is 2.70 bits per heavy atom. The SMILES string of the molecule is CC(Sc1nnc(-c2ccc(Br)cc2)n1C1CCCCC1)C(=O)NCc1ccco1. The minimum atomic E-state index is -0.288. The molecule has 2 heterocycles. The molecule has 1 aliphatic rings. The second-order valence-electron chi connectivity index (χ2n) is 7.53. The minimum Gasteiger partial charge on any atom is -0.467 e. The van der Waals surface area contributed by atoms with Crippen molar-refractivity contribution in [3.63, 3.8) is 0 Å². The number of halogens is 1. The van der Waals surface area contributed by atoms with Crippen LogP contribution in [0.3, 0.4) is 0 Å². The van der Waals surface area contributed by atoms with Crippen LogP contribution in [0.25, 0.3) is 11.4 Å². The van der Waals surface area contributed by atoms with Crippen LogP contribution in [-0.2, 0) is 11.3 Å². The number of furan rings is 1. The van der Waals surface area contributed by atoms with Crippen LogP contribution in [0.2, 0.25) is 0 Å². The van der Waals surface area contributed by atoms with Crippen molar-refractivity contribution in [2.24, 2.45) is 0 Å². The number of thioether (sulfide) groups is 1.